The van der Waals surface area contributed by atoms with Crippen molar-refractivity contribution in [3.05, 3.63) is 29.8 Å². The number of rotatable bonds is 5. The number of sulfonamides is 1. The Morgan fingerprint density at radius 1 is 1.33 bits per heavy atom. The average molecular weight is 312 g/mol. The molecule has 0 saturated carbocycles. The van der Waals surface area contributed by atoms with Crippen LogP contribution in [0, 0.1) is 0 Å². The fraction of sp³-hybridized carbons (Fsp3) is 0.500. The maximum Gasteiger partial charge on any atom is 0.251 e. The van der Waals surface area contributed by atoms with Gasteiger partial charge in [0.05, 0.1) is 11.0 Å². The standard InChI is InChI=1S/C14H20N2O4S/c1-16(2)21(18,19)13-7-5-11(6-8-13)14(17)15-10-12-4-3-9-20-12/h5-8,12H,3-4,9-10H2,1-2H3,(H,15,17)/t12-/m1/s1. The van der Waals surface area contributed by atoms with E-state index >= 15 is 0 Å². The van der Waals surface area contributed by atoms with Crippen LogP contribution in [0.2, 0.25) is 0 Å². The summed E-state index contributed by atoms with van der Waals surface area (Å²) in [4.78, 5) is 12.1. The van der Waals surface area contributed by atoms with Crippen molar-refractivity contribution in [3.8, 4) is 0 Å². The number of hydrogen-bond donors (Lipinski definition) is 1. The van der Waals surface area contributed by atoms with Crippen molar-refractivity contribution in [3.63, 3.8) is 0 Å². The largest absolute Gasteiger partial charge is 0.376 e. The molecule has 1 aromatic rings. The Hall–Kier alpha value is -1.44. The fourth-order valence-corrected chi connectivity index (χ4v) is 3.00. The molecule has 0 radical (unpaired) electrons. The van der Waals surface area contributed by atoms with Crippen LogP contribution in [-0.4, -0.2) is 52.0 Å². The van der Waals surface area contributed by atoms with Gasteiger partial charge in [-0.05, 0) is 37.1 Å². The SMILES string of the molecule is CN(C)S(=O)(=O)c1ccc(C(=O)NC[C@H]2CCCO2)cc1. The third kappa shape index (κ3) is 3.81. The zero-order valence-corrected chi connectivity index (χ0v) is 13.0. The summed E-state index contributed by atoms with van der Waals surface area (Å²) < 4.78 is 30.4. The van der Waals surface area contributed by atoms with Gasteiger partial charge in [-0.3, -0.25) is 4.79 Å². The molecule has 0 spiro atoms. The van der Waals surface area contributed by atoms with Gasteiger partial charge >= 0.3 is 0 Å². The minimum atomic E-state index is -3.46. The van der Waals surface area contributed by atoms with E-state index in [-0.39, 0.29) is 16.9 Å². The van der Waals surface area contributed by atoms with Gasteiger partial charge in [-0.1, -0.05) is 0 Å². The first-order valence-corrected chi connectivity index (χ1v) is 8.27. The Kier molecular flexibility index (Phi) is 4.97. The molecule has 7 heteroatoms. The van der Waals surface area contributed by atoms with Crippen molar-refractivity contribution in [1.82, 2.24) is 9.62 Å². The second kappa shape index (κ2) is 6.55. The molecule has 0 aliphatic carbocycles. The molecule has 116 valence electrons. The number of ether oxygens (including phenoxy) is 1. The first-order chi connectivity index (χ1) is 9.91. The molecule has 1 aromatic carbocycles. The first-order valence-electron chi connectivity index (χ1n) is 6.83. The molecule has 0 aromatic heterocycles. The highest BCUT2D eigenvalue weighted by Crippen LogP contribution is 2.14. The summed E-state index contributed by atoms with van der Waals surface area (Å²) in [6, 6.07) is 5.91. The minimum absolute atomic E-state index is 0.0855. The van der Waals surface area contributed by atoms with Crippen LogP contribution in [0.15, 0.2) is 29.2 Å². The first kappa shape index (κ1) is 15.9. The van der Waals surface area contributed by atoms with Crippen LogP contribution in [0.5, 0.6) is 0 Å². The third-order valence-electron chi connectivity index (χ3n) is 3.41. The van der Waals surface area contributed by atoms with E-state index in [2.05, 4.69) is 5.32 Å². The zero-order chi connectivity index (χ0) is 15.5. The molecular weight excluding hydrogens is 292 g/mol. The molecule has 1 fully saturated rings. The van der Waals surface area contributed by atoms with Crippen molar-refractivity contribution in [2.45, 2.75) is 23.8 Å². The number of hydrogen-bond acceptors (Lipinski definition) is 4. The van der Waals surface area contributed by atoms with Crippen LogP contribution >= 0.6 is 0 Å². The van der Waals surface area contributed by atoms with E-state index in [1.54, 1.807) is 0 Å². The van der Waals surface area contributed by atoms with E-state index in [0.29, 0.717) is 12.1 Å². The molecule has 0 unspecified atom stereocenters. The Labute approximate surface area is 125 Å². The molecule has 21 heavy (non-hydrogen) atoms. The molecule has 1 atom stereocenters. The smallest absolute Gasteiger partial charge is 0.251 e. The second-order valence-electron chi connectivity index (χ2n) is 5.16. The van der Waals surface area contributed by atoms with Gasteiger partial charge in [-0.2, -0.15) is 0 Å². The lowest BCUT2D eigenvalue weighted by atomic mass is 10.2. The predicted octanol–water partition coefficient (Wildman–Crippen LogP) is 0.846. The Bertz CT molecular complexity index is 590. The molecule has 1 aliphatic heterocycles. The van der Waals surface area contributed by atoms with E-state index in [1.807, 2.05) is 0 Å². The van der Waals surface area contributed by atoms with Gasteiger partial charge in [0.25, 0.3) is 5.91 Å². The molecule has 0 bridgehead atoms. The highest BCUT2D eigenvalue weighted by Gasteiger charge is 2.19. The number of benzene rings is 1. The topological polar surface area (TPSA) is 75.7 Å². The predicted molar refractivity (Wildman–Crippen MR) is 78.6 cm³/mol. The van der Waals surface area contributed by atoms with Crippen molar-refractivity contribution < 1.29 is 17.9 Å². The molecule has 1 heterocycles. The van der Waals surface area contributed by atoms with E-state index < -0.39 is 10.0 Å². The molecule has 1 N–H and O–H groups in total. The normalized spacial score (nSPS) is 18.9. The lowest BCUT2D eigenvalue weighted by molar-refractivity contribution is 0.0857. The van der Waals surface area contributed by atoms with Crippen LogP contribution in [-0.2, 0) is 14.8 Å². The molecule has 1 saturated heterocycles. The number of amides is 1. The lowest BCUT2D eigenvalue weighted by Crippen LogP contribution is -2.31. The molecule has 1 aliphatic rings. The van der Waals surface area contributed by atoms with Gasteiger partial charge in [0.15, 0.2) is 0 Å². The number of nitrogens with one attached hydrogen (secondary N) is 1. The zero-order valence-electron chi connectivity index (χ0n) is 12.2. The van der Waals surface area contributed by atoms with Gasteiger partial charge in [0.1, 0.15) is 0 Å². The second-order valence-corrected chi connectivity index (χ2v) is 7.31. The van der Waals surface area contributed by atoms with Crippen LogP contribution < -0.4 is 5.32 Å². The molecule has 2 rings (SSSR count). The minimum Gasteiger partial charge on any atom is -0.376 e. The Morgan fingerprint density at radius 2 is 2.00 bits per heavy atom. The van der Waals surface area contributed by atoms with Crippen molar-refractivity contribution in [1.29, 1.82) is 0 Å². The quantitative estimate of drug-likeness (QED) is 0.874. The summed E-state index contributed by atoms with van der Waals surface area (Å²) in [5.41, 5.74) is 0.436. The van der Waals surface area contributed by atoms with E-state index in [0.717, 1.165) is 23.8 Å². The number of nitrogens with zero attached hydrogens (tertiary/aromatic N) is 1. The Balaban J connectivity index is 1.99. The van der Waals surface area contributed by atoms with Gasteiger partial charge in [-0.15, -0.1) is 0 Å². The maximum atomic E-state index is 12.0. The highest BCUT2D eigenvalue weighted by molar-refractivity contribution is 7.89. The van der Waals surface area contributed by atoms with E-state index in [9.17, 15) is 13.2 Å². The number of carbonyl (C=O) groups is 1. The van der Waals surface area contributed by atoms with Crippen LogP contribution in [0.25, 0.3) is 0 Å². The van der Waals surface area contributed by atoms with Gasteiger partial charge < -0.3 is 10.1 Å². The average Bonchev–Trinajstić information content (AvgIpc) is 2.98. The summed E-state index contributed by atoms with van der Waals surface area (Å²) in [6.07, 6.45) is 2.07. The van der Waals surface area contributed by atoms with Gasteiger partial charge in [0, 0.05) is 32.8 Å². The van der Waals surface area contributed by atoms with Crippen molar-refractivity contribution in [2.24, 2.45) is 0 Å². The molecular formula is C14H20N2O4S. The number of carbonyl (C=O) groups excluding carboxylic acids is 1. The van der Waals surface area contributed by atoms with E-state index in [1.165, 1.54) is 38.4 Å². The fourth-order valence-electron chi connectivity index (χ4n) is 2.10. The summed E-state index contributed by atoms with van der Waals surface area (Å²) in [7, 11) is -0.524. The highest BCUT2D eigenvalue weighted by atomic mass is 32.2. The Morgan fingerprint density at radius 3 is 2.52 bits per heavy atom. The monoisotopic (exact) mass is 312 g/mol. The third-order valence-corrected chi connectivity index (χ3v) is 5.24. The van der Waals surface area contributed by atoms with Gasteiger partial charge in [-0.25, -0.2) is 12.7 Å². The van der Waals surface area contributed by atoms with Crippen molar-refractivity contribution >= 4 is 15.9 Å². The van der Waals surface area contributed by atoms with Crippen LogP contribution in [0.4, 0.5) is 0 Å². The summed E-state index contributed by atoms with van der Waals surface area (Å²) in [5.74, 6) is -0.223. The maximum absolute atomic E-state index is 12.0. The molecule has 6 nitrogen and oxygen atoms in total. The van der Waals surface area contributed by atoms with E-state index in [4.69, 9.17) is 4.74 Å². The molecule has 1 amide bonds. The van der Waals surface area contributed by atoms with Crippen LogP contribution in [0.1, 0.15) is 23.2 Å². The summed E-state index contributed by atoms with van der Waals surface area (Å²) in [6.45, 7) is 1.23. The van der Waals surface area contributed by atoms with Gasteiger partial charge in [0.2, 0.25) is 10.0 Å². The summed E-state index contributed by atoms with van der Waals surface area (Å²) >= 11 is 0. The van der Waals surface area contributed by atoms with Crippen LogP contribution in [0.3, 0.4) is 0 Å². The lowest BCUT2D eigenvalue weighted by Gasteiger charge is -2.12. The van der Waals surface area contributed by atoms with Crippen molar-refractivity contribution in [2.75, 3.05) is 27.2 Å². The summed E-state index contributed by atoms with van der Waals surface area (Å²) in [5, 5.41) is 2.80.